The lowest BCUT2D eigenvalue weighted by Gasteiger charge is -2.06. The Morgan fingerprint density at radius 3 is 2.58 bits per heavy atom. The molecule has 0 unspecified atom stereocenters. The van der Waals surface area contributed by atoms with Crippen molar-refractivity contribution in [3.8, 4) is 22.6 Å². The molecule has 0 fully saturated rings. The van der Waals surface area contributed by atoms with Gasteiger partial charge in [0.1, 0.15) is 11.7 Å². The van der Waals surface area contributed by atoms with Crippen molar-refractivity contribution in [3.63, 3.8) is 0 Å². The highest BCUT2D eigenvalue weighted by molar-refractivity contribution is 5.95. The molecule has 0 saturated heterocycles. The number of nitrogens with one attached hydrogen (secondary N) is 2. The highest BCUT2D eigenvalue weighted by Crippen LogP contribution is 2.27. The first-order valence-corrected chi connectivity index (χ1v) is 7.93. The molecule has 0 radical (unpaired) electrons. The minimum atomic E-state index is -0.313. The van der Waals surface area contributed by atoms with Crippen molar-refractivity contribution < 1.29 is 9.53 Å². The van der Waals surface area contributed by atoms with Crippen LogP contribution in [0.15, 0.2) is 48.7 Å². The molecule has 3 rings (SSSR count). The Kier molecular flexibility index (Phi) is 4.70. The van der Waals surface area contributed by atoms with Gasteiger partial charge in [-0.05, 0) is 23.3 Å². The summed E-state index contributed by atoms with van der Waals surface area (Å²) in [6.07, 6.45) is 1.90. The molecule has 0 saturated carbocycles. The second-order valence-corrected chi connectivity index (χ2v) is 5.81. The standard InChI is InChI=1S/C19H19N5O2/c1-26-17(25)9-11-2-7-14(15(20)8-11)19-23-10-16(24-19)12-3-5-13(6-4-12)18(21)22/h2-8,10H,9,20H2,1H3,(H3,21,22)(H,23,24). The van der Waals surface area contributed by atoms with Gasteiger partial charge in [-0.25, -0.2) is 4.98 Å². The van der Waals surface area contributed by atoms with Crippen molar-refractivity contribution in [2.24, 2.45) is 5.73 Å². The molecular formula is C19H19N5O2. The Morgan fingerprint density at radius 2 is 1.96 bits per heavy atom. The number of H-pyrrole nitrogens is 1. The predicted molar refractivity (Wildman–Crippen MR) is 101 cm³/mol. The van der Waals surface area contributed by atoms with E-state index in [1.165, 1.54) is 7.11 Å². The normalized spacial score (nSPS) is 10.5. The van der Waals surface area contributed by atoms with Gasteiger partial charge in [0.2, 0.25) is 0 Å². The molecule has 26 heavy (non-hydrogen) atoms. The number of rotatable bonds is 5. The topological polar surface area (TPSA) is 131 Å². The summed E-state index contributed by atoms with van der Waals surface area (Å²) in [6.45, 7) is 0. The molecule has 2 aromatic carbocycles. The number of nitrogens with zero attached hydrogens (tertiary/aromatic N) is 1. The van der Waals surface area contributed by atoms with Crippen molar-refractivity contribution in [3.05, 3.63) is 59.8 Å². The molecular weight excluding hydrogens is 330 g/mol. The first-order chi connectivity index (χ1) is 12.5. The third-order valence-electron chi connectivity index (χ3n) is 4.03. The van der Waals surface area contributed by atoms with Crippen LogP contribution in [0.25, 0.3) is 22.6 Å². The Hall–Kier alpha value is -3.61. The number of nitrogens with two attached hydrogens (primary N) is 2. The van der Waals surface area contributed by atoms with E-state index in [0.29, 0.717) is 17.1 Å². The summed E-state index contributed by atoms with van der Waals surface area (Å²) in [4.78, 5) is 19.0. The largest absolute Gasteiger partial charge is 0.469 e. The monoisotopic (exact) mass is 349 g/mol. The van der Waals surface area contributed by atoms with Crippen LogP contribution in [0, 0.1) is 5.41 Å². The zero-order valence-corrected chi connectivity index (χ0v) is 14.2. The minimum Gasteiger partial charge on any atom is -0.469 e. The molecule has 0 atom stereocenters. The van der Waals surface area contributed by atoms with Crippen LogP contribution in [-0.4, -0.2) is 28.9 Å². The number of hydrogen-bond acceptors (Lipinski definition) is 5. The molecule has 0 aliphatic rings. The molecule has 7 heteroatoms. The maximum Gasteiger partial charge on any atom is 0.309 e. The lowest BCUT2D eigenvalue weighted by molar-refractivity contribution is -0.139. The van der Waals surface area contributed by atoms with Gasteiger partial charge in [0.15, 0.2) is 0 Å². The predicted octanol–water partition coefficient (Wildman–Crippen LogP) is 2.33. The number of esters is 1. The molecule has 0 aliphatic heterocycles. The highest BCUT2D eigenvalue weighted by atomic mass is 16.5. The molecule has 0 spiro atoms. The van der Waals surface area contributed by atoms with Crippen LogP contribution in [0.3, 0.4) is 0 Å². The van der Waals surface area contributed by atoms with Crippen molar-refractivity contribution >= 4 is 17.5 Å². The number of anilines is 1. The van der Waals surface area contributed by atoms with Crippen LogP contribution in [0.1, 0.15) is 11.1 Å². The third-order valence-corrected chi connectivity index (χ3v) is 4.03. The Labute approximate surface area is 150 Å². The Bertz CT molecular complexity index is 960. The smallest absolute Gasteiger partial charge is 0.309 e. The third kappa shape index (κ3) is 3.56. The number of carbonyl (C=O) groups excluding carboxylic acids is 1. The summed E-state index contributed by atoms with van der Waals surface area (Å²) >= 11 is 0. The summed E-state index contributed by atoms with van der Waals surface area (Å²) in [6, 6.07) is 12.7. The van der Waals surface area contributed by atoms with E-state index >= 15 is 0 Å². The number of hydrogen-bond donors (Lipinski definition) is 4. The molecule has 0 amide bonds. The van der Waals surface area contributed by atoms with Crippen molar-refractivity contribution in [1.82, 2.24) is 9.97 Å². The fourth-order valence-electron chi connectivity index (χ4n) is 2.61. The second-order valence-electron chi connectivity index (χ2n) is 5.81. The number of carbonyl (C=O) groups is 1. The first-order valence-electron chi connectivity index (χ1n) is 7.93. The minimum absolute atomic E-state index is 0.0293. The van der Waals surface area contributed by atoms with Crippen molar-refractivity contribution in [1.29, 1.82) is 5.41 Å². The molecule has 1 aromatic heterocycles. The molecule has 3 aromatic rings. The average Bonchev–Trinajstić information content (AvgIpc) is 3.11. The summed E-state index contributed by atoms with van der Waals surface area (Å²) in [5, 5.41) is 7.44. The number of imidazole rings is 1. The number of methoxy groups -OCH3 is 1. The average molecular weight is 349 g/mol. The number of nitrogen functional groups attached to an aromatic ring is 2. The fourth-order valence-corrected chi connectivity index (χ4v) is 2.61. The number of aromatic nitrogens is 2. The van der Waals surface area contributed by atoms with Gasteiger partial charge in [-0.3, -0.25) is 10.2 Å². The van der Waals surface area contributed by atoms with Crippen molar-refractivity contribution in [2.75, 3.05) is 12.8 Å². The van der Waals surface area contributed by atoms with E-state index in [9.17, 15) is 4.79 Å². The zero-order valence-electron chi connectivity index (χ0n) is 14.2. The highest BCUT2D eigenvalue weighted by Gasteiger charge is 2.11. The van der Waals surface area contributed by atoms with E-state index in [-0.39, 0.29) is 18.2 Å². The lowest BCUT2D eigenvalue weighted by Crippen LogP contribution is -2.10. The van der Waals surface area contributed by atoms with Gasteiger partial charge in [0.05, 0.1) is 25.4 Å². The van der Waals surface area contributed by atoms with E-state index in [4.69, 9.17) is 16.9 Å². The number of benzene rings is 2. The van der Waals surface area contributed by atoms with Gasteiger partial charge in [0, 0.05) is 16.8 Å². The maximum atomic E-state index is 11.4. The van der Waals surface area contributed by atoms with Crippen LogP contribution in [0.2, 0.25) is 0 Å². The number of ether oxygens (including phenoxy) is 1. The maximum absolute atomic E-state index is 11.4. The summed E-state index contributed by atoms with van der Waals surface area (Å²) in [7, 11) is 1.35. The molecule has 0 bridgehead atoms. The second kappa shape index (κ2) is 7.10. The van der Waals surface area contributed by atoms with Gasteiger partial charge >= 0.3 is 5.97 Å². The van der Waals surface area contributed by atoms with Crippen molar-refractivity contribution in [2.45, 2.75) is 6.42 Å². The molecule has 132 valence electrons. The van der Waals surface area contributed by atoms with E-state index in [1.54, 1.807) is 24.4 Å². The quantitative estimate of drug-likeness (QED) is 0.243. The SMILES string of the molecule is COC(=O)Cc1ccc(-c2ncc(-c3ccc(C(=N)N)cc3)[nH]2)c(N)c1. The van der Waals surface area contributed by atoms with Crippen LogP contribution < -0.4 is 11.5 Å². The van der Waals surface area contributed by atoms with E-state index in [1.807, 2.05) is 24.3 Å². The van der Waals surface area contributed by atoms with E-state index in [2.05, 4.69) is 14.7 Å². The number of aromatic amines is 1. The van der Waals surface area contributed by atoms with Crippen LogP contribution >= 0.6 is 0 Å². The van der Waals surface area contributed by atoms with Gasteiger partial charge in [0.25, 0.3) is 0 Å². The van der Waals surface area contributed by atoms with E-state index < -0.39 is 0 Å². The lowest BCUT2D eigenvalue weighted by atomic mass is 10.1. The Balaban J connectivity index is 1.85. The first kappa shape index (κ1) is 17.2. The summed E-state index contributed by atoms with van der Waals surface area (Å²) < 4.78 is 4.66. The summed E-state index contributed by atoms with van der Waals surface area (Å²) in [5.41, 5.74) is 16.1. The number of amidine groups is 1. The molecule has 7 nitrogen and oxygen atoms in total. The van der Waals surface area contributed by atoms with Gasteiger partial charge in [-0.2, -0.15) is 0 Å². The van der Waals surface area contributed by atoms with Gasteiger partial charge < -0.3 is 21.2 Å². The van der Waals surface area contributed by atoms with Gasteiger partial charge in [-0.15, -0.1) is 0 Å². The Morgan fingerprint density at radius 1 is 1.23 bits per heavy atom. The fraction of sp³-hybridized carbons (Fsp3) is 0.105. The van der Waals surface area contributed by atoms with Gasteiger partial charge in [-0.1, -0.05) is 30.3 Å². The van der Waals surface area contributed by atoms with Crippen LogP contribution in [-0.2, 0) is 16.0 Å². The zero-order chi connectivity index (χ0) is 18.7. The van der Waals surface area contributed by atoms with Crippen LogP contribution in [0.5, 0.6) is 0 Å². The molecule has 1 heterocycles. The molecule has 6 N–H and O–H groups in total. The molecule has 0 aliphatic carbocycles. The van der Waals surface area contributed by atoms with Crippen LogP contribution in [0.4, 0.5) is 5.69 Å². The van der Waals surface area contributed by atoms with E-state index in [0.717, 1.165) is 22.4 Å². The summed E-state index contributed by atoms with van der Waals surface area (Å²) in [5.74, 6) is 0.353.